The average molecular weight is 689 g/mol. The van der Waals surface area contributed by atoms with E-state index in [9.17, 15) is 24.9 Å². The minimum absolute atomic E-state index is 0.0185. The summed E-state index contributed by atoms with van der Waals surface area (Å²) in [6.07, 6.45) is -1.02. The summed E-state index contributed by atoms with van der Waals surface area (Å²) in [7, 11) is 0. The Morgan fingerprint density at radius 3 is 2.60 bits per heavy atom. The number of fused-ring (bicyclic) bond motifs is 3. The normalized spacial score (nSPS) is 36.9. The Labute approximate surface area is 282 Å². The fourth-order valence-corrected chi connectivity index (χ4v) is 9.46. The number of allylic oxidation sites excluding steroid dienone is 4. The number of benzene rings is 2. The van der Waals surface area contributed by atoms with E-state index in [0.717, 1.165) is 10.5 Å². The molecule has 47 heavy (non-hydrogen) atoms. The van der Waals surface area contributed by atoms with E-state index < -0.39 is 65.6 Å². The lowest BCUT2D eigenvalue weighted by Gasteiger charge is -2.55. The first kappa shape index (κ1) is 34.3. The topological polar surface area (TPSA) is 113 Å². The van der Waals surface area contributed by atoms with Crippen LogP contribution in [0.5, 0.6) is 5.75 Å². The van der Waals surface area contributed by atoms with E-state index in [4.69, 9.17) is 21.1 Å². The van der Waals surface area contributed by atoms with Crippen LogP contribution in [0.2, 0.25) is 5.02 Å². The number of Topliss-reactive ketones (excluding diaryl/α,β-unsaturated/α-hetero) is 1. The lowest BCUT2D eigenvalue weighted by atomic mass is 9.53. The molecule has 2 saturated carbocycles. The Morgan fingerprint density at radius 2 is 1.91 bits per heavy atom. The van der Waals surface area contributed by atoms with Crippen molar-refractivity contribution in [2.45, 2.75) is 86.6 Å². The molecular formula is C36H39ClF2O7S. The van der Waals surface area contributed by atoms with E-state index in [1.165, 1.54) is 19.1 Å². The Kier molecular flexibility index (Phi) is 9.26. The van der Waals surface area contributed by atoms with E-state index in [0.29, 0.717) is 11.3 Å². The maximum absolute atomic E-state index is 16.5. The number of aromatic hydroxyl groups is 1. The van der Waals surface area contributed by atoms with E-state index >= 15 is 8.78 Å². The Morgan fingerprint density at radius 1 is 1.19 bits per heavy atom. The van der Waals surface area contributed by atoms with Crippen LogP contribution in [0.3, 0.4) is 0 Å². The molecule has 1 aliphatic heterocycles. The van der Waals surface area contributed by atoms with Gasteiger partial charge in [0.05, 0.1) is 17.2 Å². The minimum atomic E-state index is -2.19. The molecule has 0 amide bonds. The number of carbonyl (C=O) groups is 2. The van der Waals surface area contributed by atoms with Gasteiger partial charge in [-0.15, -0.1) is 11.8 Å². The number of hydrogen-bond acceptors (Lipinski definition) is 8. The number of ketones is 2. The van der Waals surface area contributed by atoms with E-state index in [1.54, 1.807) is 49.9 Å². The number of alkyl halides is 2. The summed E-state index contributed by atoms with van der Waals surface area (Å²) in [5.74, 6) is -2.31. The molecule has 7 nitrogen and oxygen atoms in total. The van der Waals surface area contributed by atoms with Crippen LogP contribution in [0.1, 0.15) is 57.5 Å². The molecule has 3 N–H and O–H groups in total. The summed E-state index contributed by atoms with van der Waals surface area (Å²) >= 11 is 7.57. The molecule has 1 heterocycles. The number of hydrogen-bond donors (Lipinski definition) is 3. The number of thioether (sulfide) groups is 1. The highest BCUT2D eigenvalue weighted by Gasteiger charge is 2.76. The van der Waals surface area contributed by atoms with Gasteiger partial charge in [0, 0.05) is 27.5 Å². The van der Waals surface area contributed by atoms with Gasteiger partial charge in [-0.1, -0.05) is 55.8 Å². The first-order chi connectivity index (χ1) is 22.2. The van der Waals surface area contributed by atoms with Gasteiger partial charge in [0.2, 0.25) is 0 Å². The molecule has 0 aromatic heterocycles. The number of phenolic OH excluding ortho intramolecular Hbond substituents is 1. The molecule has 11 heteroatoms. The summed E-state index contributed by atoms with van der Waals surface area (Å²) < 4.78 is 45.3. The maximum Gasteiger partial charge on any atom is 0.193 e. The molecule has 0 bridgehead atoms. The molecule has 3 fully saturated rings. The van der Waals surface area contributed by atoms with Crippen LogP contribution >= 0.6 is 23.4 Å². The molecule has 0 spiro atoms. The summed E-state index contributed by atoms with van der Waals surface area (Å²) in [4.78, 5) is 26.6. The van der Waals surface area contributed by atoms with Gasteiger partial charge in [-0.3, -0.25) is 9.59 Å². The van der Waals surface area contributed by atoms with Crippen LogP contribution in [0.4, 0.5) is 8.78 Å². The Hall–Kier alpha value is -2.60. The number of rotatable bonds is 9. The largest absolute Gasteiger partial charge is 0.506 e. The smallest absolute Gasteiger partial charge is 0.193 e. The maximum atomic E-state index is 16.5. The van der Waals surface area contributed by atoms with Crippen LogP contribution in [-0.4, -0.2) is 63.1 Å². The van der Waals surface area contributed by atoms with Crippen molar-refractivity contribution < 1.29 is 43.2 Å². The van der Waals surface area contributed by atoms with Crippen LogP contribution in [0.15, 0.2) is 71.2 Å². The van der Waals surface area contributed by atoms with Crippen LogP contribution in [0.25, 0.3) is 0 Å². The minimum Gasteiger partial charge on any atom is -0.506 e. The number of ether oxygens (including phenoxy) is 2. The third-order valence-electron chi connectivity index (χ3n) is 11.0. The van der Waals surface area contributed by atoms with Crippen molar-refractivity contribution in [1.29, 1.82) is 0 Å². The Bertz CT molecular complexity index is 1610. The number of aliphatic hydroxyl groups is 2. The molecule has 4 aliphatic rings. The van der Waals surface area contributed by atoms with Gasteiger partial charge >= 0.3 is 0 Å². The molecule has 6 rings (SSSR count). The monoisotopic (exact) mass is 688 g/mol. The van der Waals surface area contributed by atoms with Gasteiger partial charge in [0.1, 0.15) is 24.2 Å². The molecule has 2 aromatic carbocycles. The van der Waals surface area contributed by atoms with Crippen LogP contribution < -0.4 is 0 Å². The summed E-state index contributed by atoms with van der Waals surface area (Å²) in [6.45, 7) is 3.95. The fourth-order valence-electron chi connectivity index (χ4n) is 8.33. The molecule has 0 unspecified atom stereocenters. The molecular weight excluding hydrogens is 650 g/mol. The predicted molar refractivity (Wildman–Crippen MR) is 173 cm³/mol. The van der Waals surface area contributed by atoms with E-state index in [2.05, 4.69) is 0 Å². The highest BCUT2D eigenvalue weighted by atomic mass is 35.5. The van der Waals surface area contributed by atoms with Gasteiger partial charge < -0.3 is 24.8 Å². The van der Waals surface area contributed by atoms with Gasteiger partial charge in [0.25, 0.3) is 0 Å². The number of halogens is 3. The zero-order valence-electron chi connectivity index (χ0n) is 26.4. The van der Waals surface area contributed by atoms with Crippen molar-refractivity contribution in [3.8, 4) is 5.75 Å². The van der Waals surface area contributed by atoms with Crippen molar-refractivity contribution in [1.82, 2.24) is 0 Å². The first-order valence-electron chi connectivity index (χ1n) is 15.8. The first-order valence-corrected chi connectivity index (χ1v) is 17.2. The predicted octanol–water partition coefficient (Wildman–Crippen LogP) is 6.62. The zero-order valence-corrected chi connectivity index (χ0v) is 27.9. The fraction of sp³-hybridized carbons (Fsp3) is 0.500. The third kappa shape index (κ3) is 5.78. The lowest BCUT2D eigenvalue weighted by molar-refractivity contribution is -0.210. The number of aliphatic hydroxyl groups excluding tert-OH is 2. The molecule has 1 saturated heterocycles. The van der Waals surface area contributed by atoms with Crippen molar-refractivity contribution in [2.24, 2.45) is 23.2 Å². The summed E-state index contributed by atoms with van der Waals surface area (Å²) in [5.41, 5.74) is -3.17. The average Bonchev–Trinajstić information content (AvgIpc) is 3.54. The lowest BCUT2D eigenvalue weighted by Crippen LogP contribution is -2.64. The highest BCUT2D eigenvalue weighted by Crippen LogP contribution is 2.68. The highest BCUT2D eigenvalue weighted by molar-refractivity contribution is 7.98. The molecule has 2 aromatic rings. The number of carbonyl (C=O) groups excluding carboxylic acids is 2. The van der Waals surface area contributed by atoms with Crippen molar-refractivity contribution in [3.05, 3.63) is 82.4 Å². The van der Waals surface area contributed by atoms with E-state index in [-0.39, 0.29) is 47.3 Å². The molecule has 252 valence electrons. The standard InChI is InChI=1S/C36H39ClF2O7S/c1-19-4-9-22(41)12-24(19)28(38)14-26-25-15-32-36(31(44)17-40,34(25,2)16-30(43)35(26,3)39)46-33(45-32)21-7-5-20(6-8-21)18-47-23-10-11-29(42)27(37)13-23/h4-13,19,25-26,28,30,32-33,40,42-43H,14-18H2,1-3H3/t19-,25+,26+,28+,30+,32-,33-,34+,35+,36-/m1/s1. The van der Waals surface area contributed by atoms with Crippen molar-refractivity contribution in [2.75, 3.05) is 6.61 Å². The molecule has 10 atom stereocenters. The quantitative estimate of drug-likeness (QED) is 0.252. The molecule has 3 aliphatic carbocycles. The second-order valence-corrected chi connectivity index (χ2v) is 15.1. The SMILES string of the molecule is C[C@@H]1C=CC(=O)C=C1[C@@H](F)C[C@H]1[C@@H]2C[C@H]3O[C@@H](c4ccc(CSc5ccc(O)c(Cl)c5)cc4)O[C@@]3(C(=O)CO)[C@@]2(C)C[C@H](O)[C@@]1(C)F. The number of phenols is 1. The van der Waals surface area contributed by atoms with Gasteiger partial charge in [0.15, 0.2) is 23.5 Å². The van der Waals surface area contributed by atoms with Gasteiger partial charge in [-0.05, 0) is 79.5 Å². The van der Waals surface area contributed by atoms with Crippen molar-refractivity contribution >= 4 is 34.9 Å². The van der Waals surface area contributed by atoms with Crippen LogP contribution in [0, 0.1) is 23.2 Å². The van der Waals surface area contributed by atoms with Gasteiger partial charge in [-0.2, -0.15) is 0 Å². The van der Waals surface area contributed by atoms with Gasteiger partial charge in [-0.25, -0.2) is 8.78 Å². The second kappa shape index (κ2) is 12.7. The summed E-state index contributed by atoms with van der Waals surface area (Å²) in [6, 6.07) is 12.5. The van der Waals surface area contributed by atoms with Crippen molar-refractivity contribution in [3.63, 3.8) is 0 Å². The summed E-state index contributed by atoms with van der Waals surface area (Å²) in [5, 5.41) is 31.3. The molecule has 0 radical (unpaired) electrons. The second-order valence-electron chi connectivity index (χ2n) is 13.7. The third-order valence-corrected chi connectivity index (χ3v) is 12.4. The Balaban J connectivity index is 1.24. The van der Waals surface area contributed by atoms with Crippen LogP contribution in [-0.2, 0) is 24.8 Å². The zero-order chi connectivity index (χ0) is 33.9. The van der Waals surface area contributed by atoms with E-state index in [1.807, 2.05) is 24.3 Å².